The van der Waals surface area contributed by atoms with Crippen molar-refractivity contribution >= 4 is 23.1 Å². The molecule has 2 aromatic rings. The van der Waals surface area contributed by atoms with Gasteiger partial charge < -0.3 is 10.6 Å². The second kappa shape index (κ2) is 8.63. The van der Waals surface area contributed by atoms with Crippen molar-refractivity contribution in [3.05, 3.63) is 59.3 Å². The molecule has 0 bridgehead atoms. The standard InChI is InChI=1S/C19H25N3S/c1-14(2)17-11-9-16(10-12-17)7-5-13-20-19(23)22-18-8-4-6-15(3)21-18/h4,6,8-12,14H,5,7,13H2,1-3H3,(H2,20,21,22,23). The number of pyridine rings is 1. The number of nitrogens with one attached hydrogen (secondary N) is 2. The fourth-order valence-electron chi connectivity index (χ4n) is 2.34. The van der Waals surface area contributed by atoms with Gasteiger partial charge in [-0.15, -0.1) is 0 Å². The number of thiocarbonyl (C=S) groups is 1. The summed E-state index contributed by atoms with van der Waals surface area (Å²) in [5.41, 5.74) is 3.74. The van der Waals surface area contributed by atoms with E-state index < -0.39 is 0 Å². The van der Waals surface area contributed by atoms with E-state index in [-0.39, 0.29) is 0 Å². The molecule has 0 aliphatic rings. The van der Waals surface area contributed by atoms with E-state index in [0.717, 1.165) is 30.9 Å². The Kier molecular flexibility index (Phi) is 6.53. The molecule has 1 aromatic carbocycles. The average Bonchev–Trinajstić information content (AvgIpc) is 2.52. The Balaban J connectivity index is 1.69. The summed E-state index contributed by atoms with van der Waals surface area (Å²) in [6.07, 6.45) is 2.10. The van der Waals surface area contributed by atoms with E-state index in [2.05, 4.69) is 53.7 Å². The Morgan fingerprint density at radius 2 is 1.87 bits per heavy atom. The highest BCUT2D eigenvalue weighted by atomic mass is 32.1. The van der Waals surface area contributed by atoms with E-state index in [9.17, 15) is 0 Å². The van der Waals surface area contributed by atoms with Gasteiger partial charge in [-0.05, 0) is 61.2 Å². The van der Waals surface area contributed by atoms with Gasteiger partial charge in [0.05, 0.1) is 0 Å². The summed E-state index contributed by atoms with van der Waals surface area (Å²) in [5.74, 6) is 1.37. The van der Waals surface area contributed by atoms with Crippen molar-refractivity contribution in [1.82, 2.24) is 10.3 Å². The molecule has 4 heteroatoms. The maximum Gasteiger partial charge on any atom is 0.171 e. The predicted octanol–water partition coefficient (Wildman–Crippen LogP) is 4.43. The average molecular weight is 327 g/mol. The number of aromatic nitrogens is 1. The third kappa shape index (κ3) is 5.99. The van der Waals surface area contributed by atoms with Crippen molar-refractivity contribution in [1.29, 1.82) is 0 Å². The molecule has 23 heavy (non-hydrogen) atoms. The van der Waals surface area contributed by atoms with Crippen LogP contribution < -0.4 is 10.6 Å². The van der Waals surface area contributed by atoms with Crippen LogP contribution in [0.5, 0.6) is 0 Å². The first kappa shape index (κ1) is 17.4. The Bertz CT molecular complexity index is 635. The van der Waals surface area contributed by atoms with Crippen LogP contribution in [0.4, 0.5) is 5.82 Å². The minimum Gasteiger partial charge on any atom is -0.362 e. The van der Waals surface area contributed by atoms with Gasteiger partial charge in [0.25, 0.3) is 0 Å². The van der Waals surface area contributed by atoms with Crippen LogP contribution in [-0.4, -0.2) is 16.6 Å². The van der Waals surface area contributed by atoms with Crippen LogP contribution in [0, 0.1) is 6.92 Å². The number of anilines is 1. The molecule has 1 heterocycles. The zero-order valence-corrected chi connectivity index (χ0v) is 14.9. The molecule has 122 valence electrons. The molecule has 2 N–H and O–H groups in total. The Labute approximate surface area is 144 Å². The Morgan fingerprint density at radius 1 is 1.13 bits per heavy atom. The minimum absolute atomic E-state index is 0.587. The second-order valence-electron chi connectivity index (χ2n) is 6.04. The van der Waals surface area contributed by atoms with Gasteiger partial charge >= 0.3 is 0 Å². The van der Waals surface area contributed by atoms with E-state index in [0.29, 0.717) is 11.0 Å². The molecule has 0 amide bonds. The highest BCUT2D eigenvalue weighted by Crippen LogP contribution is 2.15. The molecule has 1 aromatic heterocycles. The van der Waals surface area contributed by atoms with E-state index in [1.807, 2.05) is 25.1 Å². The number of nitrogens with zero attached hydrogens (tertiary/aromatic N) is 1. The molecule has 0 radical (unpaired) electrons. The first-order valence-corrected chi connectivity index (χ1v) is 8.53. The maximum absolute atomic E-state index is 5.29. The number of hydrogen-bond acceptors (Lipinski definition) is 2. The summed E-state index contributed by atoms with van der Waals surface area (Å²) in [6, 6.07) is 14.7. The highest BCUT2D eigenvalue weighted by molar-refractivity contribution is 7.80. The molecule has 2 rings (SSSR count). The number of hydrogen-bond donors (Lipinski definition) is 2. The first-order chi connectivity index (χ1) is 11.0. The lowest BCUT2D eigenvalue weighted by atomic mass is 10.0. The lowest BCUT2D eigenvalue weighted by molar-refractivity contribution is 0.776. The van der Waals surface area contributed by atoms with Crippen molar-refractivity contribution in [2.24, 2.45) is 0 Å². The van der Waals surface area contributed by atoms with Gasteiger partial charge in [-0.1, -0.05) is 44.2 Å². The molecular formula is C19H25N3S. The molecule has 0 saturated heterocycles. The van der Waals surface area contributed by atoms with E-state index in [4.69, 9.17) is 12.2 Å². The zero-order chi connectivity index (χ0) is 16.7. The van der Waals surface area contributed by atoms with Gasteiger partial charge in [-0.2, -0.15) is 0 Å². The number of benzene rings is 1. The summed E-state index contributed by atoms with van der Waals surface area (Å²) >= 11 is 5.29. The summed E-state index contributed by atoms with van der Waals surface area (Å²) in [7, 11) is 0. The number of aryl methyl sites for hydroxylation is 2. The zero-order valence-electron chi connectivity index (χ0n) is 14.1. The monoisotopic (exact) mass is 327 g/mol. The van der Waals surface area contributed by atoms with Gasteiger partial charge in [-0.25, -0.2) is 4.98 Å². The Hall–Kier alpha value is -1.94. The van der Waals surface area contributed by atoms with Crippen LogP contribution in [0.2, 0.25) is 0 Å². The lowest BCUT2D eigenvalue weighted by Gasteiger charge is -2.10. The van der Waals surface area contributed by atoms with Gasteiger partial charge in [0.2, 0.25) is 0 Å². The summed E-state index contributed by atoms with van der Waals surface area (Å²) in [4.78, 5) is 4.37. The van der Waals surface area contributed by atoms with E-state index in [1.165, 1.54) is 11.1 Å². The smallest absolute Gasteiger partial charge is 0.171 e. The highest BCUT2D eigenvalue weighted by Gasteiger charge is 2.01. The maximum atomic E-state index is 5.29. The van der Waals surface area contributed by atoms with Crippen molar-refractivity contribution in [3.8, 4) is 0 Å². The molecule has 3 nitrogen and oxygen atoms in total. The van der Waals surface area contributed by atoms with Crippen LogP contribution in [0.15, 0.2) is 42.5 Å². The fraction of sp³-hybridized carbons (Fsp3) is 0.368. The largest absolute Gasteiger partial charge is 0.362 e. The molecule has 0 spiro atoms. The minimum atomic E-state index is 0.587. The van der Waals surface area contributed by atoms with Crippen LogP contribution in [0.1, 0.15) is 43.0 Å². The number of rotatable bonds is 6. The first-order valence-electron chi connectivity index (χ1n) is 8.12. The SMILES string of the molecule is Cc1cccc(NC(=S)NCCCc2ccc(C(C)C)cc2)n1. The summed E-state index contributed by atoms with van der Waals surface area (Å²) in [6.45, 7) is 7.25. The molecule has 0 saturated carbocycles. The lowest BCUT2D eigenvalue weighted by Crippen LogP contribution is -2.29. The Morgan fingerprint density at radius 3 is 2.52 bits per heavy atom. The van der Waals surface area contributed by atoms with Gasteiger partial charge in [0.15, 0.2) is 5.11 Å². The van der Waals surface area contributed by atoms with Crippen LogP contribution >= 0.6 is 12.2 Å². The normalized spacial score (nSPS) is 10.6. The van der Waals surface area contributed by atoms with Crippen LogP contribution in [0.25, 0.3) is 0 Å². The molecule has 0 atom stereocenters. The van der Waals surface area contributed by atoms with Crippen molar-refractivity contribution < 1.29 is 0 Å². The molecule has 0 aliphatic heterocycles. The van der Waals surface area contributed by atoms with Gasteiger partial charge in [0, 0.05) is 12.2 Å². The van der Waals surface area contributed by atoms with E-state index in [1.54, 1.807) is 0 Å². The third-order valence-electron chi connectivity index (χ3n) is 3.70. The molecule has 0 unspecified atom stereocenters. The summed E-state index contributed by atoms with van der Waals surface area (Å²) in [5, 5.41) is 6.96. The second-order valence-corrected chi connectivity index (χ2v) is 6.45. The molecule has 0 fully saturated rings. The van der Waals surface area contributed by atoms with Crippen LogP contribution in [0.3, 0.4) is 0 Å². The van der Waals surface area contributed by atoms with Crippen molar-refractivity contribution in [2.45, 2.75) is 39.5 Å². The van der Waals surface area contributed by atoms with Crippen molar-refractivity contribution in [3.63, 3.8) is 0 Å². The van der Waals surface area contributed by atoms with Crippen molar-refractivity contribution in [2.75, 3.05) is 11.9 Å². The topological polar surface area (TPSA) is 37.0 Å². The van der Waals surface area contributed by atoms with E-state index >= 15 is 0 Å². The molecule has 0 aliphatic carbocycles. The quantitative estimate of drug-likeness (QED) is 0.608. The van der Waals surface area contributed by atoms with Crippen LogP contribution in [-0.2, 0) is 6.42 Å². The van der Waals surface area contributed by atoms with Gasteiger partial charge in [-0.3, -0.25) is 0 Å². The van der Waals surface area contributed by atoms with Gasteiger partial charge in [0.1, 0.15) is 5.82 Å². The molecular weight excluding hydrogens is 302 g/mol. The predicted molar refractivity (Wildman–Crippen MR) is 102 cm³/mol. The third-order valence-corrected chi connectivity index (χ3v) is 3.95. The summed E-state index contributed by atoms with van der Waals surface area (Å²) < 4.78 is 0. The fourth-order valence-corrected chi connectivity index (χ4v) is 2.54.